The van der Waals surface area contributed by atoms with Crippen molar-refractivity contribution in [1.82, 2.24) is 4.90 Å². The van der Waals surface area contributed by atoms with E-state index in [-0.39, 0.29) is 18.4 Å². The Morgan fingerprint density at radius 3 is 2.48 bits per heavy atom. The van der Waals surface area contributed by atoms with Gasteiger partial charge in [-0.25, -0.2) is 8.78 Å². The van der Waals surface area contributed by atoms with Crippen molar-refractivity contribution < 1.29 is 27.9 Å². The number of nitrogens with zero attached hydrogens (tertiary/aromatic N) is 2. The summed E-state index contributed by atoms with van der Waals surface area (Å²) in [6, 6.07) is 7.16. The molecule has 0 bridgehead atoms. The lowest BCUT2D eigenvalue weighted by atomic mass is 9.96. The molecular weight excluding hydrogens is 432 g/mol. The van der Waals surface area contributed by atoms with E-state index in [2.05, 4.69) is 5.32 Å². The molecule has 1 fully saturated rings. The fraction of sp³-hybridized carbons (Fsp3) is 0.292. The van der Waals surface area contributed by atoms with Crippen LogP contribution in [0.25, 0.3) is 6.08 Å². The van der Waals surface area contributed by atoms with Crippen LogP contribution < -0.4 is 15.0 Å². The van der Waals surface area contributed by atoms with Crippen molar-refractivity contribution in [2.75, 3.05) is 37.0 Å². The van der Waals surface area contributed by atoms with E-state index in [1.807, 2.05) is 0 Å². The van der Waals surface area contributed by atoms with E-state index < -0.39 is 29.2 Å². The molecule has 0 aromatic heterocycles. The van der Waals surface area contributed by atoms with Gasteiger partial charge in [0.05, 0.1) is 7.11 Å². The molecule has 1 atom stereocenters. The molecule has 0 saturated carbocycles. The predicted molar refractivity (Wildman–Crippen MR) is 119 cm³/mol. The SMILES string of the molecule is COc1c(F)cc(N2CCN(C(=O)C(=O)Nc3ccc4c(c3)C=CC(=O)C4)[C@H](C)C2)cc1F. The number of hydrogen-bond acceptors (Lipinski definition) is 5. The fourth-order valence-corrected chi connectivity index (χ4v) is 4.15. The number of hydrogen-bond donors (Lipinski definition) is 1. The van der Waals surface area contributed by atoms with E-state index in [1.54, 1.807) is 36.1 Å². The Kier molecular flexibility index (Phi) is 6.13. The van der Waals surface area contributed by atoms with Gasteiger partial charge in [0.1, 0.15) is 0 Å². The van der Waals surface area contributed by atoms with Crippen LogP contribution in [-0.4, -0.2) is 55.3 Å². The highest BCUT2D eigenvalue weighted by molar-refractivity contribution is 6.39. The number of carbonyl (C=O) groups excluding carboxylic acids is 3. The first kappa shape index (κ1) is 22.4. The summed E-state index contributed by atoms with van der Waals surface area (Å²) in [6.07, 6.45) is 3.48. The second kappa shape index (κ2) is 9.01. The first-order valence-corrected chi connectivity index (χ1v) is 10.5. The van der Waals surface area contributed by atoms with Gasteiger partial charge < -0.3 is 19.9 Å². The summed E-state index contributed by atoms with van der Waals surface area (Å²) in [5, 5.41) is 2.62. The normalized spacial score (nSPS) is 17.6. The molecular formula is C24H23F2N3O4. The molecule has 2 aromatic rings. The minimum Gasteiger partial charge on any atom is -0.491 e. The lowest BCUT2D eigenvalue weighted by Gasteiger charge is -2.40. The topological polar surface area (TPSA) is 79.0 Å². The van der Waals surface area contributed by atoms with Crippen LogP contribution in [0.5, 0.6) is 5.75 Å². The maximum atomic E-state index is 14.1. The number of amides is 2. The Morgan fingerprint density at radius 2 is 1.82 bits per heavy atom. The standard InChI is InChI=1S/C24H23F2N3O4/c1-14-13-28(18-11-20(25)22(33-2)21(26)12-18)7-8-29(14)24(32)23(31)27-17-5-3-16-10-19(30)6-4-15(16)9-17/h3-6,9,11-12,14H,7-8,10,13H2,1-2H3,(H,27,31)/t14-/m1/s1. The van der Waals surface area contributed by atoms with Crippen molar-refractivity contribution in [1.29, 1.82) is 0 Å². The zero-order valence-electron chi connectivity index (χ0n) is 18.2. The van der Waals surface area contributed by atoms with Gasteiger partial charge in [-0.2, -0.15) is 0 Å². The van der Waals surface area contributed by atoms with Gasteiger partial charge in [0, 0.05) is 55.6 Å². The molecule has 2 aliphatic rings. The number of ketones is 1. The summed E-state index contributed by atoms with van der Waals surface area (Å²) in [6.45, 7) is 2.61. The maximum Gasteiger partial charge on any atom is 0.313 e. The number of benzene rings is 2. The number of fused-ring (bicyclic) bond motifs is 1. The highest BCUT2D eigenvalue weighted by Crippen LogP contribution is 2.29. The van der Waals surface area contributed by atoms with Gasteiger partial charge in [0.2, 0.25) is 0 Å². The highest BCUT2D eigenvalue weighted by Gasteiger charge is 2.32. The Labute approximate surface area is 189 Å². The highest BCUT2D eigenvalue weighted by atomic mass is 19.1. The molecule has 0 radical (unpaired) electrons. The predicted octanol–water partition coefficient (Wildman–Crippen LogP) is 2.79. The lowest BCUT2D eigenvalue weighted by molar-refractivity contribution is -0.144. The summed E-state index contributed by atoms with van der Waals surface area (Å²) in [4.78, 5) is 40.1. The van der Waals surface area contributed by atoms with Crippen LogP contribution in [0.15, 0.2) is 36.4 Å². The number of allylic oxidation sites excluding steroid dienone is 1. The van der Waals surface area contributed by atoms with Crippen molar-refractivity contribution in [3.8, 4) is 5.75 Å². The first-order chi connectivity index (χ1) is 15.8. The summed E-state index contributed by atoms with van der Waals surface area (Å²) in [5.41, 5.74) is 2.49. The zero-order valence-corrected chi connectivity index (χ0v) is 18.2. The molecule has 1 aliphatic heterocycles. The summed E-state index contributed by atoms with van der Waals surface area (Å²) < 4.78 is 32.9. The largest absolute Gasteiger partial charge is 0.491 e. The summed E-state index contributed by atoms with van der Waals surface area (Å²) in [7, 11) is 1.19. The lowest BCUT2D eigenvalue weighted by Crippen LogP contribution is -2.56. The van der Waals surface area contributed by atoms with Gasteiger partial charge in [0.25, 0.3) is 0 Å². The molecule has 33 heavy (non-hydrogen) atoms. The number of ether oxygens (including phenoxy) is 1. The van der Waals surface area contributed by atoms with E-state index in [1.165, 1.54) is 30.2 Å². The Bertz CT molecular complexity index is 1140. The molecule has 0 spiro atoms. The third-order valence-electron chi connectivity index (χ3n) is 5.85. The van der Waals surface area contributed by atoms with Crippen molar-refractivity contribution >= 4 is 35.0 Å². The molecule has 1 N–H and O–H groups in total. The van der Waals surface area contributed by atoms with E-state index >= 15 is 0 Å². The van der Waals surface area contributed by atoms with E-state index in [9.17, 15) is 23.2 Å². The van der Waals surface area contributed by atoms with Crippen LogP contribution in [0.4, 0.5) is 20.2 Å². The molecule has 2 aromatic carbocycles. The van der Waals surface area contributed by atoms with Crippen LogP contribution in [-0.2, 0) is 20.8 Å². The second-order valence-corrected chi connectivity index (χ2v) is 8.08. The van der Waals surface area contributed by atoms with Gasteiger partial charge >= 0.3 is 11.8 Å². The second-order valence-electron chi connectivity index (χ2n) is 8.08. The van der Waals surface area contributed by atoms with E-state index in [0.717, 1.165) is 11.1 Å². The number of rotatable bonds is 3. The third kappa shape index (κ3) is 4.57. The van der Waals surface area contributed by atoms with Crippen LogP contribution >= 0.6 is 0 Å². The van der Waals surface area contributed by atoms with Crippen molar-refractivity contribution in [3.63, 3.8) is 0 Å². The molecule has 0 unspecified atom stereocenters. The Hall–Kier alpha value is -3.75. The van der Waals surface area contributed by atoms with E-state index in [0.29, 0.717) is 30.9 Å². The van der Waals surface area contributed by atoms with Gasteiger partial charge in [-0.05, 0) is 36.3 Å². The molecule has 172 valence electrons. The fourth-order valence-electron chi connectivity index (χ4n) is 4.15. The van der Waals surface area contributed by atoms with Crippen LogP contribution in [0.1, 0.15) is 18.1 Å². The number of methoxy groups -OCH3 is 1. The molecule has 7 nitrogen and oxygen atoms in total. The molecule has 1 aliphatic carbocycles. The van der Waals surface area contributed by atoms with E-state index in [4.69, 9.17) is 4.74 Å². The first-order valence-electron chi connectivity index (χ1n) is 10.5. The van der Waals surface area contributed by atoms with Crippen molar-refractivity contribution in [3.05, 3.63) is 59.2 Å². The number of carbonyl (C=O) groups is 3. The Balaban J connectivity index is 1.41. The summed E-state index contributed by atoms with van der Waals surface area (Å²) in [5.74, 6) is -3.49. The van der Waals surface area contributed by atoms with Gasteiger partial charge in [0.15, 0.2) is 23.2 Å². The average Bonchev–Trinajstić information content (AvgIpc) is 2.78. The molecule has 9 heteroatoms. The number of nitrogens with one attached hydrogen (secondary N) is 1. The number of anilines is 2. The molecule has 1 heterocycles. The summed E-state index contributed by atoms with van der Waals surface area (Å²) >= 11 is 0. The van der Waals surface area contributed by atoms with Crippen LogP contribution in [0.2, 0.25) is 0 Å². The van der Waals surface area contributed by atoms with Crippen molar-refractivity contribution in [2.45, 2.75) is 19.4 Å². The average molecular weight is 455 g/mol. The third-order valence-corrected chi connectivity index (χ3v) is 5.85. The van der Waals surface area contributed by atoms with Crippen LogP contribution in [0, 0.1) is 11.6 Å². The zero-order chi connectivity index (χ0) is 23.7. The molecule has 1 saturated heterocycles. The smallest absolute Gasteiger partial charge is 0.313 e. The quantitative estimate of drug-likeness (QED) is 0.721. The minimum atomic E-state index is -0.803. The molecule has 4 rings (SSSR count). The monoisotopic (exact) mass is 455 g/mol. The van der Waals surface area contributed by atoms with Gasteiger partial charge in [-0.1, -0.05) is 12.1 Å². The minimum absolute atomic E-state index is 0.0164. The number of piperazine rings is 1. The maximum absolute atomic E-state index is 14.1. The van der Waals surface area contributed by atoms with Crippen LogP contribution in [0.3, 0.4) is 0 Å². The molecule has 2 amide bonds. The van der Waals surface area contributed by atoms with Gasteiger partial charge in [-0.3, -0.25) is 14.4 Å². The Morgan fingerprint density at radius 1 is 1.09 bits per heavy atom. The van der Waals surface area contributed by atoms with Crippen molar-refractivity contribution in [2.24, 2.45) is 0 Å². The van der Waals surface area contributed by atoms with Gasteiger partial charge in [-0.15, -0.1) is 0 Å². The number of halogens is 2.